The number of nitrogens with zero attached hydrogens (tertiary/aromatic N) is 1. The largest absolute Gasteiger partial charge is 0.496 e. The first-order valence-electron chi connectivity index (χ1n) is 11.8. The lowest BCUT2D eigenvalue weighted by Gasteiger charge is -2.27. The Hall–Kier alpha value is -3.45. The van der Waals surface area contributed by atoms with Gasteiger partial charge in [0.05, 0.1) is 19.1 Å². The lowest BCUT2D eigenvalue weighted by Crippen LogP contribution is -2.36. The van der Waals surface area contributed by atoms with Crippen molar-refractivity contribution in [2.45, 2.75) is 39.5 Å². The second kappa shape index (κ2) is 10.9. The molecule has 0 radical (unpaired) electrons. The summed E-state index contributed by atoms with van der Waals surface area (Å²) in [7, 11) is 1.54. The molecule has 182 valence electrons. The monoisotopic (exact) mass is 490 g/mol. The number of ketones is 1. The van der Waals surface area contributed by atoms with Crippen LogP contribution in [0.3, 0.4) is 0 Å². The highest BCUT2D eigenvalue weighted by Crippen LogP contribution is 2.41. The minimum absolute atomic E-state index is 0.0270. The Morgan fingerprint density at radius 2 is 1.74 bits per heavy atom. The Morgan fingerprint density at radius 1 is 1.03 bits per heavy atom. The van der Waals surface area contributed by atoms with Gasteiger partial charge in [0, 0.05) is 29.1 Å². The van der Waals surface area contributed by atoms with Gasteiger partial charge in [-0.15, -0.1) is 11.3 Å². The van der Waals surface area contributed by atoms with Crippen molar-refractivity contribution in [3.05, 3.63) is 70.8 Å². The van der Waals surface area contributed by atoms with Crippen LogP contribution in [0.15, 0.2) is 48.5 Å². The van der Waals surface area contributed by atoms with Gasteiger partial charge >= 0.3 is 0 Å². The standard InChI is InChI=1S/C28H30N2O4S/c1-18-25(28(33)30-14-8-5-9-15-30)27(35-26(18)20-10-6-4-7-11-20)29-24(32)17-22-16-21(19(2)31)12-13-23(22)34-3/h4,6-7,10-13,16H,5,8-9,14-15,17H2,1-3H3,(H,29,32). The zero-order valence-electron chi connectivity index (χ0n) is 20.3. The number of ether oxygens (including phenoxy) is 1. The van der Waals surface area contributed by atoms with Crippen LogP contribution in [0.25, 0.3) is 10.4 Å². The average molecular weight is 491 g/mol. The van der Waals surface area contributed by atoms with Gasteiger partial charge in [-0.3, -0.25) is 14.4 Å². The maximum atomic E-state index is 13.6. The van der Waals surface area contributed by atoms with Crippen LogP contribution in [0.1, 0.15) is 58.0 Å². The summed E-state index contributed by atoms with van der Waals surface area (Å²) in [4.78, 5) is 41.4. The molecule has 7 heteroatoms. The SMILES string of the molecule is COc1ccc(C(C)=O)cc1CC(=O)Nc1sc(-c2ccccc2)c(C)c1C(=O)N1CCCCC1. The normalized spacial score (nSPS) is 13.4. The summed E-state index contributed by atoms with van der Waals surface area (Å²) in [6, 6.07) is 15.0. The van der Waals surface area contributed by atoms with Crippen molar-refractivity contribution in [2.24, 2.45) is 0 Å². The van der Waals surface area contributed by atoms with Gasteiger partial charge in [-0.1, -0.05) is 30.3 Å². The molecule has 1 aromatic heterocycles. The summed E-state index contributed by atoms with van der Waals surface area (Å²) in [5, 5.41) is 3.56. The van der Waals surface area contributed by atoms with Crippen molar-refractivity contribution in [2.75, 3.05) is 25.5 Å². The summed E-state index contributed by atoms with van der Waals surface area (Å²) in [5.41, 5.74) is 3.60. The molecular weight excluding hydrogens is 460 g/mol. The number of carbonyl (C=O) groups is 3. The number of hydrogen-bond donors (Lipinski definition) is 1. The molecule has 3 aromatic rings. The Kier molecular flexibility index (Phi) is 7.66. The van der Waals surface area contributed by atoms with E-state index in [-0.39, 0.29) is 24.0 Å². The molecule has 35 heavy (non-hydrogen) atoms. The minimum Gasteiger partial charge on any atom is -0.496 e. The molecule has 0 saturated carbocycles. The second-order valence-corrected chi connectivity index (χ2v) is 9.81. The molecule has 1 saturated heterocycles. The predicted molar refractivity (Wildman–Crippen MR) is 140 cm³/mol. The average Bonchev–Trinajstić information content (AvgIpc) is 3.19. The van der Waals surface area contributed by atoms with E-state index in [0.29, 0.717) is 27.4 Å². The zero-order valence-corrected chi connectivity index (χ0v) is 21.2. The third-order valence-electron chi connectivity index (χ3n) is 6.33. The first-order valence-corrected chi connectivity index (χ1v) is 12.7. The van der Waals surface area contributed by atoms with E-state index in [9.17, 15) is 14.4 Å². The maximum Gasteiger partial charge on any atom is 0.257 e. The van der Waals surface area contributed by atoms with Gasteiger partial charge in [0.15, 0.2) is 5.78 Å². The van der Waals surface area contributed by atoms with E-state index >= 15 is 0 Å². The fourth-order valence-corrected chi connectivity index (χ4v) is 5.68. The van der Waals surface area contributed by atoms with Crippen LogP contribution in [0, 0.1) is 6.92 Å². The van der Waals surface area contributed by atoms with E-state index in [0.717, 1.165) is 48.4 Å². The number of benzene rings is 2. The number of amides is 2. The number of nitrogens with one attached hydrogen (secondary N) is 1. The van der Waals surface area contributed by atoms with Gasteiger partial charge in [0.25, 0.3) is 5.91 Å². The minimum atomic E-state index is -0.266. The predicted octanol–water partition coefficient (Wildman–Crippen LogP) is 5.74. The summed E-state index contributed by atoms with van der Waals surface area (Å²) < 4.78 is 5.40. The highest BCUT2D eigenvalue weighted by Gasteiger charge is 2.28. The number of anilines is 1. The van der Waals surface area contributed by atoms with Crippen LogP contribution < -0.4 is 10.1 Å². The van der Waals surface area contributed by atoms with Crippen LogP contribution in [0.4, 0.5) is 5.00 Å². The molecule has 0 bridgehead atoms. The van der Waals surface area contributed by atoms with Gasteiger partial charge < -0.3 is 15.0 Å². The Labute approximate surface area is 209 Å². The summed E-state index contributed by atoms with van der Waals surface area (Å²) in [5.74, 6) is 0.164. The summed E-state index contributed by atoms with van der Waals surface area (Å²) in [6.45, 7) is 4.91. The number of Topliss-reactive ketones (excluding diaryl/α,β-unsaturated/α-hetero) is 1. The number of piperidine rings is 1. The van der Waals surface area contributed by atoms with Crippen LogP contribution in [0.2, 0.25) is 0 Å². The fraction of sp³-hybridized carbons (Fsp3) is 0.321. The van der Waals surface area contributed by atoms with E-state index in [2.05, 4.69) is 5.32 Å². The van der Waals surface area contributed by atoms with Crippen LogP contribution in [0.5, 0.6) is 5.75 Å². The van der Waals surface area contributed by atoms with Crippen molar-refractivity contribution >= 4 is 33.9 Å². The van der Waals surface area contributed by atoms with Crippen molar-refractivity contribution < 1.29 is 19.1 Å². The molecule has 6 nitrogen and oxygen atoms in total. The van der Waals surface area contributed by atoms with Gasteiger partial charge in [0.1, 0.15) is 10.8 Å². The zero-order chi connectivity index (χ0) is 24.9. The van der Waals surface area contributed by atoms with E-state index < -0.39 is 0 Å². The molecule has 0 aliphatic carbocycles. The van der Waals surface area contributed by atoms with E-state index in [1.165, 1.54) is 25.4 Å². The molecule has 2 amide bonds. The third-order valence-corrected chi connectivity index (χ3v) is 7.59. The van der Waals surface area contributed by atoms with Crippen LogP contribution >= 0.6 is 11.3 Å². The Bertz CT molecular complexity index is 1240. The molecule has 0 atom stereocenters. The molecule has 1 aliphatic rings. The van der Waals surface area contributed by atoms with Gasteiger partial charge in [-0.05, 0) is 62.4 Å². The van der Waals surface area contributed by atoms with E-state index in [1.807, 2.05) is 42.2 Å². The lowest BCUT2D eigenvalue weighted by atomic mass is 10.0. The third kappa shape index (κ3) is 5.46. The maximum absolute atomic E-state index is 13.6. The van der Waals surface area contributed by atoms with Crippen molar-refractivity contribution in [1.29, 1.82) is 0 Å². The molecule has 1 aliphatic heterocycles. The lowest BCUT2D eigenvalue weighted by molar-refractivity contribution is -0.115. The number of methoxy groups -OCH3 is 1. The van der Waals surface area contributed by atoms with Gasteiger partial charge in [-0.2, -0.15) is 0 Å². The molecule has 1 N–H and O–H groups in total. The quantitative estimate of drug-likeness (QED) is 0.429. The molecule has 4 rings (SSSR count). The molecule has 0 unspecified atom stereocenters. The number of likely N-dealkylation sites (tertiary alicyclic amines) is 1. The van der Waals surface area contributed by atoms with Crippen molar-refractivity contribution in [3.8, 4) is 16.2 Å². The number of rotatable bonds is 7. The highest BCUT2D eigenvalue weighted by molar-refractivity contribution is 7.20. The molecule has 2 heterocycles. The summed E-state index contributed by atoms with van der Waals surface area (Å²) >= 11 is 1.42. The van der Waals surface area contributed by atoms with Crippen molar-refractivity contribution in [1.82, 2.24) is 4.90 Å². The van der Waals surface area contributed by atoms with Gasteiger partial charge in [0.2, 0.25) is 5.91 Å². The first-order chi connectivity index (χ1) is 16.9. The van der Waals surface area contributed by atoms with E-state index in [4.69, 9.17) is 4.74 Å². The Balaban J connectivity index is 1.67. The number of hydrogen-bond acceptors (Lipinski definition) is 5. The molecular formula is C28H30N2O4S. The highest BCUT2D eigenvalue weighted by atomic mass is 32.1. The molecule has 1 fully saturated rings. The van der Waals surface area contributed by atoms with Crippen LogP contribution in [-0.4, -0.2) is 42.7 Å². The second-order valence-electron chi connectivity index (χ2n) is 8.79. The van der Waals surface area contributed by atoms with Crippen LogP contribution in [-0.2, 0) is 11.2 Å². The number of carbonyl (C=O) groups excluding carboxylic acids is 3. The fourth-order valence-electron chi connectivity index (χ4n) is 4.46. The van der Waals surface area contributed by atoms with E-state index in [1.54, 1.807) is 18.2 Å². The summed E-state index contributed by atoms with van der Waals surface area (Å²) in [6.07, 6.45) is 3.15. The topological polar surface area (TPSA) is 75.7 Å². The first kappa shape index (κ1) is 24.7. The molecule has 2 aromatic carbocycles. The molecule has 0 spiro atoms. The number of thiophene rings is 1. The van der Waals surface area contributed by atoms with Crippen molar-refractivity contribution in [3.63, 3.8) is 0 Å². The Morgan fingerprint density at radius 3 is 2.40 bits per heavy atom. The smallest absolute Gasteiger partial charge is 0.257 e. The van der Waals surface area contributed by atoms with Gasteiger partial charge in [-0.25, -0.2) is 0 Å².